The molecule has 2 heterocycles. The summed E-state index contributed by atoms with van der Waals surface area (Å²) in [6.45, 7) is 0.663. The highest BCUT2D eigenvalue weighted by Crippen LogP contribution is 2.26. The van der Waals surface area contributed by atoms with Crippen molar-refractivity contribution in [2.45, 2.75) is 75.3 Å². The third-order valence-electron chi connectivity index (χ3n) is 7.53. The second-order valence-corrected chi connectivity index (χ2v) is 11.1. The highest BCUT2D eigenvalue weighted by atomic mass is 19.4. The zero-order chi connectivity index (χ0) is 36.0. The first-order valence-corrected chi connectivity index (χ1v) is 15.1. The van der Waals surface area contributed by atoms with Gasteiger partial charge in [-0.1, -0.05) is 30.3 Å². The fraction of sp³-hybridized carbons (Fsp3) is 0.552. The van der Waals surface area contributed by atoms with Crippen LogP contribution in [0.1, 0.15) is 44.1 Å². The quantitative estimate of drug-likeness (QED) is 0.0745. The van der Waals surface area contributed by atoms with Crippen LogP contribution >= 0.6 is 0 Å². The van der Waals surface area contributed by atoms with E-state index >= 15 is 0 Å². The molecule has 1 aromatic rings. The molecule has 0 aromatic heterocycles. The van der Waals surface area contributed by atoms with Crippen molar-refractivity contribution >= 4 is 41.5 Å². The number of amides is 4. The third-order valence-corrected chi connectivity index (χ3v) is 7.53. The molecule has 266 valence electrons. The van der Waals surface area contributed by atoms with Gasteiger partial charge in [0.05, 0.1) is 12.6 Å². The summed E-state index contributed by atoms with van der Waals surface area (Å²) in [5, 5.41) is 21.6. The van der Waals surface area contributed by atoms with Crippen LogP contribution in [0, 0.1) is 0 Å². The highest BCUT2D eigenvalue weighted by Gasteiger charge is 2.43. The van der Waals surface area contributed by atoms with Crippen LogP contribution in [-0.2, 0) is 35.2 Å². The Labute approximate surface area is 273 Å². The number of benzene rings is 1. The maximum atomic E-state index is 13.5. The minimum absolute atomic E-state index is 0.0348. The van der Waals surface area contributed by atoms with Crippen molar-refractivity contribution < 1.29 is 52.2 Å². The summed E-state index contributed by atoms with van der Waals surface area (Å²) in [4.78, 5) is 79.3. The lowest BCUT2D eigenvalue weighted by Crippen LogP contribution is -2.55. The Morgan fingerprint density at radius 1 is 0.958 bits per heavy atom. The lowest BCUT2D eigenvalue weighted by Gasteiger charge is -2.32. The Bertz CT molecular complexity index is 1330. The first-order chi connectivity index (χ1) is 22.5. The van der Waals surface area contributed by atoms with Crippen LogP contribution in [0.3, 0.4) is 0 Å². The topological polar surface area (TPSA) is 264 Å². The molecule has 0 aliphatic carbocycles. The number of carboxylic acid groups (broad SMARTS) is 2. The maximum absolute atomic E-state index is 13.5. The molecule has 10 N–H and O–H groups in total. The molecule has 0 bridgehead atoms. The molecular weight excluding hydrogens is 645 g/mol. The van der Waals surface area contributed by atoms with Crippen LogP contribution in [-0.4, -0.2) is 118 Å². The van der Waals surface area contributed by atoms with Gasteiger partial charge in [-0.15, -0.1) is 0 Å². The van der Waals surface area contributed by atoms with Crippen LogP contribution in [0.2, 0.25) is 0 Å². The Hall–Kier alpha value is -4.94. The molecule has 48 heavy (non-hydrogen) atoms. The molecule has 0 radical (unpaired) electrons. The Balaban J connectivity index is 0.00000103. The molecule has 2 fully saturated rings. The van der Waals surface area contributed by atoms with E-state index in [1.165, 1.54) is 9.80 Å². The number of carboxylic acids is 2. The predicted molar refractivity (Wildman–Crippen MR) is 164 cm³/mol. The lowest BCUT2D eigenvalue weighted by molar-refractivity contribution is -0.192. The normalized spacial score (nSPS) is 18.5. The van der Waals surface area contributed by atoms with Crippen molar-refractivity contribution in [2.24, 2.45) is 22.2 Å². The van der Waals surface area contributed by atoms with Gasteiger partial charge in [0.25, 0.3) is 0 Å². The van der Waals surface area contributed by atoms with Crippen molar-refractivity contribution in [3.05, 3.63) is 35.9 Å². The number of guanidine groups is 1. The molecule has 0 unspecified atom stereocenters. The van der Waals surface area contributed by atoms with Crippen LogP contribution < -0.4 is 27.8 Å². The summed E-state index contributed by atoms with van der Waals surface area (Å²) in [6, 6.07) is 5.42. The minimum atomic E-state index is -5.08. The smallest absolute Gasteiger partial charge is 0.480 e. The number of alkyl halides is 3. The fourth-order valence-electron chi connectivity index (χ4n) is 5.22. The standard InChI is InChI=1S/C27H40N8O6.C2HF3O2/c28-18(9-4-12-31-27(29)30)24(38)35-14-6-11-21(35)25(39)34-13-5-10-20(34)23(37)32-16-22(36)33-19(26(40)41)15-17-7-2-1-3-8-17;3-2(4,5)1(6)7/h1-3,7-8,18-21H,4-6,9-16,28H2,(H,32,37)(H,33,36)(H,40,41)(H4,29,30,31);(H,6,7)/t18-,19-,20-,21-;/m0./s1. The van der Waals surface area contributed by atoms with E-state index < -0.39 is 60.6 Å². The second-order valence-electron chi connectivity index (χ2n) is 11.1. The largest absolute Gasteiger partial charge is 0.490 e. The number of hydrogen-bond donors (Lipinski definition) is 7. The number of carbonyl (C=O) groups excluding carboxylic acids is 4. The van der Waals surface area contributed by atoms with Crippen molar-refractivity contribution in [2.75, 3.05) is 26.2 Å². The average molecular weight is 687 g/mol. The molecule has 4 amide bonds. The molecule has 2 saturated heterocycles. The molecule has 1 aromatic carbocycles. The van der Waals surface area contributed by atoms with Gasteiger partial charge in [-0.2, -0.15) is 13.2 Å². The number of aliphatic imine (C=N–C) groups is 1. The van der Waals surface area contributed by atoms with E-state index in [2.05, 4.69) is 15.6 Å². The van der Waals surface area contributed by atoms with Gasteiger partial charge in [-0.3, -0.25) is 24.2 Å². The van der Waals surface area contributed by atoms with Gasteiger partial charge < -0.3 is 47.8 Å². The van der Waals surface area contributed by atoms with Crippen LogP contribution in [0.25, 0.3) is 0 Å². The number of likely N-dealkylation sites (tertiary alicyclic amines) is 2. The van der Waals surface area contributed by atoms with E-state index in [1.54, 1.807) is 30.3 Å². The molecule has 16 nitrogen and oxygen atoms in total. The van der Waals surface area contributed by atoms with Gasteiger partial charge in [-0.25, -0.2) is 9.59 Å². The van der Waals surface area contributed by atoms with E-state index in [-0.39, 0.29) is 24.2 Å². The number of hydrogen-bond acceptors (Lipinski definition) is 8. The summed E-state index contributed by atoms with van der Waals surface area (Å²) < 4.78 is 31.7. The Morgan fingerprint density at radius 2 is 1.54 bits per heavy atom. The van der Waals surface area contributed by atoms with Gasteiger partial charge in [0, 0.05) is 26.1 Å². The van der Waals surface area contributed by atoms with Crippen LogP contribution in [0.15, 0.2) is 35.3 Å². The number of halogens is 3. The van der Waals surface area contributed by atoms with Gasteiger partial charge >= 0.3 is 18.1 Å². The number of aliphatic carboxylic acids is 2. The van der Waals surface area contributed by atoms with Crippen molar-refractivity contribution in [3.8, 4) is 0 Å². The monoisotopic (exact) mass is 686 g/mol. The van der Waals surface area contributed by atoms with E-state index in [1.807, 2.05) is 0 Å². The molecule has 3 rings (SSSR count). The molecule has 0 spiro atoms. The molecule has 19 heteroatoms. The predicted octanol–water partition coefficient (Wildman–Crippen LogP) is -1.09. The molecule has 2 aliphatic heterocycles. The SMILES string of the molecule is NC(N)=NCCC[C@H](N)C(=O)N1CCC[C@H]1C(=O)N1CCC[C@H]1C(=O)NCC(=O)N[C@@H](Cc1ccccc1)C(=O)O.O=C(O)C(F)(F)F. The Kier molecular flexibility index (Phi) is 15.1. The summed E-state index contributed by atoms with van der Waals surface area (Å²) in [5.74, 6) is -5.79. The molecule has 0 saturated carbocycles. The van der Waals surface area contributed by atoms with E-state index in [0.29, 0.717) is 58.2 Å². The maximum Gasteiger partial charge on any atom is 0.490 e. The Morgan fingerprint density at radius 3 is 2.10 bits per heavy atom. The van der Waals surface area contributed by atoms with Crippen molar-refractivity contribution in [1.29, 1.82) is 0 Å². The average Bonchev–Trinajstić information content (AvgIpc) is 3.72. The number of nitrogens with two attached hydrogens (primary N) is 3. The van der Waals surface area contributed by atoms with E-state index in [4.69, 9.17) is 27.1 Å². The first-order valence-electron chi connectivity index (χ1n) is 15.1. The minimum Gasteiger partial charge on any atom is -0.480 e. The van der Waals surface area contributed by atoms with Gasteiger partial charge in [0.15, 0.2) is 5.96 Å². The summed E-state index contributed by atoms with van der Waals surface area (Å²) in [7, 11) is 0. The fourth-order valence-corrected chi connectivity index (χ4v) is 5.22. The molecular formula is C29H41F3N8O8. The summed E-state index contributed by atoms with van der Waals surface area (Å²) in [6.07, 6.45) is -2.00. The van der Waals surface area contributed by atoms with Crippen molar-refractivity contribution in [1.82, 2.24) is 20.4 Å². The third kappa shape index (κ3) is 12.3. The van der Waals surface area contributed by atoms with Crippen molar-refractivity contribution in [3.63, 3.8) is 0 Å². The van der Waals surface area contributed by atoms with Gasteiger partial charge in [0.1, 0.15) is 18.1 Å². The first kappa shape index (κ1) is 39.2. The number of nitrogens with one attached hydrogen (secondary N) is 2. The lowest BCUT2D eigenvalue weighted by atomic mass is 10.1. The van der Waals surface area contributed by atoms with Gasteiger partial charge in [0.2, 0.25) is 23.6 Å². The van der Waals surface area contributed by atoms with Crippen LogP contribution in [0.5, 0.6) is 0 Å². The second kappa shape index (κ2) is 18.4. The number of rotatable bonds is 13. The summed E-state index contributed by atoms with van der Waals surface area (Å²) in [5.41, 5.74) is 17.5. The number of carbonyl (C=O) groups is 6. The van der Waals surface area contributed by atoms with Crippen LogP contribution in [0.4, 0.5) is 13.2 Å². The van der Waals surface area contributed by atoms with E-state index in [9.17, 15) is 42.3 Å². The molecule has 2 aliphatic rings. The zero-order valence-electron chi connectivity index (χ0n) is 26.0. The summed E-state index contributed by atoms with van der Waals surface area (Å²) >= 11 is 0. The molecule has 4 atom stereocenters. The number of nitrogens with zero attached hydrogens (tertiary/aromatic N) is 3. The zero-order valence-corrected chi connectivity index (χ0v) is 26.0. The van der Waals surface area contributed by atoms with E-state index in [0.717, 1.165) is 5.56 Å². The highest BCUT2D eigenvalue weighted by molar-refractivity contribution is 5.95. The van der Waals surface area contributed by atoms with Gasteiger partial charge in [-0.05, 0) is 44.1 Å².